The van der Waals surface area contributed by atoms with Crippen molar-refractivity contribution in [2.75, 3.05) is 18.5 Å². The molecule has 1 N–H and O–H groups in total. The van der Waals surface area contributed by atoms with Gasteiger partial charge in [-0.15, -0.1) is 0 Å². The van der Waals surface area contributed by atoms with Gasteiger partial charge in [0.25, 0.3) is 0 Å². The summed E-state index contributed by atoms with van der Waals surface area (Å²) in [7, 11) is 1.99. The molecule has 0 aliphatic carbocycles. The Morgan fingerprint density at radius 3 is 2.81 bits per heavy atom. The Bertz CT molecular complexity index is 315. The second-order valence-electron chi connectivity index (χ2n) is 4.18. The summed E-state index contributed by atoms with van der Waals surface area (Å²) < 4.78 is 0. The van der Waals surface area contributed by atoms with Crippen molar-refractivity contribution < 1.29 is 5.11 Å². The van der Waals surface area contributed by atoms with Crippen molar-refractivity contribution in [3.8, 4) is 0 Å². The molecule has 16 heavy (non-hydrogen) atoms. The van der Waals surface area contributed by atoms with Crippen LogP contribution >= 0.6 is 0 Å². The summed E-state index contributed by atoms with van der Waals surface area (Å²) in [5.74, 6) is 0.930. The lowest BCUT2D eigenvalue weighted by molar-refractivity contribution is 0.187. The number of nitrogens with zero attached hydrogens (tertiary/aromatic N) is 3. The third kappa shape index (κ3) is 4.14. The van der Waals surface area contributed by atoms with E-state index in [4.69, 9.17) is 0 Å². The number of aromatic nitrogens is 2. The molecule has 1 heterocycles. The maximum atomic E-state index is 9.23. The number of hydrogen-bond donors (Lipinski definition) is 1. The van der Waals surface area contributed by atoms with E-state index in [1.807, 2.05) is 18.0 Å². The summed E-state index contributed by atoms with van der Waals surface area (Å²) >= 11 is 0. The van der Waals surface area contributed by atoms with Crippen molar-refractivity contribution in [1.82, 2.24) is 9.97 Å². The summed E-state index contributed by atoms with van der Waals surface area (Å²) in [4.78, 5) is 10.5. The van der Waals surface area contributed by atoms with Crippen molar-refractivity contribution in [2.45, 2.75) is 39.2 Å². The van der Waals surface area contributed by atoms with Crippen molar-refractivity contribution >= 4 is 5.82 Å². The van der Waals surface area contributed by atoms with E-state index in [0.717, 1.165) is 37.3 Å². The summed E-state index contributed by atoms with van der Waals surface area (Å²) in [6.45, 7) is 4.75. The zero-order valence-electron chi connectivity index (χ0n) is 10.3. The largest absolute Gasteiger partial charge is 0.393 e. The third-order valence-corrected chi connectivity index (χ3v) is 2.49. The molecule has 0 aliphatic heterocycles. The molecular weight excluding hydrogens is 202 g/mol. The normalized spacial score (nSPS) is 12.5. The molecule has 0 fully saturated rings. The van der Waals surface area contributed by atoms with Gasteiger partial charge in [-0.2, -0.15) is 0 Å². The molecule has 1 aromatic rings. The summed E-state index contributed by atoms with van der Waals surface area (Å²) in [6.07, 6.45) is 4.18. The quantitative estimate of drug-likeness (QED) is 0.796. The molecule has 0 amide bonds. The highest BCUT2D eigenvalue weighted by Crippen LogP contribution is 2.11. The summed E-state index contributed by atoms with van der Waals surface area (Å²) in [6, 6.07) is 2.02. The summed E-state index contributed by atoms with van der Waals surface area (Å²) in [5.41, 5.74) is 1.08. The topological polar surface area (TPSA) is 49.2 Å². The molecule has 0 saturated heterocycles. The smallest absolute Gasteiger partial charge is 0.131 e. The molecule has 0 spiro atoms. The van der Waals surface area contributed by atoms with Crippen LogP contribution in [0.25, 0.3) is 0 Å². The lowest BCUT2D eigenvalue weighted by atomic mass is 10.2. The van der Waals surface area contributed by atoms with Gasteiger partial charge in [-0.1, -0.05) is 13.3 Å². The van der Waals surface area contributed by atoms with Crippen LogP contribution in [0.2, 0.25) is 0 Å². The van der Waals surface area contributed by atoms with E-state index >= 15 is 0 Å². The second kappa shape index (κ2) is 6.43. The van der Waals surface area contributed by atoms with E-state index < -0.39 is 0 Å². The van der Waals surface area contributed by atoms with Crippen LogP contribution in [0, 0.1) is 0 Å². The van der Waals surface area contributed by atoms with Crippen molar-refractivity contribution in [3.63, 3.8) is 0 Å². The van der Waals surface area contributed by atoms with Gasteiger partial charge in [0.1, 0.15) is 12.1 Å². The Balaban J connectivity index is 2.60. The Labute approximate surface area is 97.3 Å². The monoisotopic (exact) mass is 223 g/mol. The second-order valence-corrected chi connectivity index (χ2v) is 4.18. The van der Waals surface area contributed by atoms with Crippen LogP contribution in [0.4, 0.5) is 5.82 Å². The van der Waals surface area contributed by atoms with Crippen LogP contribution < -0.4 is 4.90 Å². The number of aliphatic hydroxyl groups is 1. The Morgan fingerprint density at radius 2 is 2.19 bits per heavy atom. The van der Waals surface area contributed by atoms with E-state index in [-0.39, 0.29) is 6.10 Å². The molecule has 1 atom stereocenters. The van der Waals surface area contributed by atoms with Gasteiger partial charge >= 0.3 is 0 Å². The maximum Gasteiger partial charge on any atom is 0.131 e. The van der Waals surface area contributed by atoms with Gasteiger partial charge in [-0.3, -0.25) is 0 Å². The molecule has 0 saturated carbocycles. The Hall–Kier alpha value is -1.16. The minimum Gasteiger partial charge on any atom is -0.393 e. The molecule has 4 heteroatoms. The molecule has 4 nitrogen and oxygen atoms in total. The number of aryl methyl sites for hydroxylation is 1. The molecule has 0 aliphatic rings. The number of hydrogen-bond acceptors (Lipinski definition) is 4. The lowest BCUT2D eigenvalue weighted by Gasteiger charge is -2.19. The fourth-order valence-electron chi connectivity index (χ4n) is 1.48. The van der Waals surface area contributed by atoms with Gasteiger partial charge < -0.3 is 10.0 Å². The average molecular weight is 223 g/mol. The zero-order chi connectivity index (χ0) is 12.0. The van der Waals surface area contributed by atoms with E-state index in [1.54, 1.807) is 13.3 Å². The lowest BCUT2D eigenvalue weighted by Crippen LogP contribution is -2.23. The maximum absolute atomic E-state index is 9.23. The van der Waals surface area contributed by atoms with E-state index in [2.05, 4.69) is 16.9 Å². The fraction of sp³-hybridized carbons (Fsp3) is 0.667. The molecule has 0 bridgehead atoms. The van der Waals surface area contributed by atoms with Crippen molar-refractivity contribution in [3.05, 3.63) is 18.1 Å². The van der Waals surface area contributed by atoms with Gasteiger partial charge in [-0.05, 0) is 19.8 Å². The van der Waals surface area contributed by atoms with Gasteiger partial charge in [0, 0.05) is 25.4 Å². The molecule has 1 rings (SSSR count). The minimum absolute atomic E-state index is 0.264. The van der Waals surface area contributed by atoms with Crippen LogP contribution in [0.3, 0.4) is 0 Å². The van der Waals surface area contributed by atoms with Gasteiger partial charge in [0.15, 0.2) is 0 Å². The highest BCUT2D eigenvalue weighted by molar-refractivity contribution is 5.37. The van der Waals surface area contributed by atoms with Crippen LogP contribution in [0.15, 0.2) is 12.4 Å². The predicted octanol–water partition coefficient (Wildman–Crippen LogP) is 1.64. The first-order valence-electron chi connectivity index (χ1n) is 5.83. The number of rotatable bonds is 6. The highest BCUT2D eigenvalue weighted by Gasteiger charge is 2.05. The highest BCUT2D eigenvalue weighted by atomic mass is 16.3. The van der Waals surface area contributed by atoms with Crippen LogP contribution in [-0.4, -0.2) is 34.8 Å². The zero-order valence-corrected chi connectivity index (χ0v) is 10.3. The van der Waals surface area contributed by atoms with Crippen LogP contribution in [0.1, 0.15) is 32.4 Å². The molecule has 1 unspecified atom stereocenters. The minimum atomic E-state index is -0.264. The third-order valence-electron chi connectivity index (χ3n) is 2.49. The first-order chi connectivity index (χ1) is 7.63. The molecule has 0 radical (unpaired) electrons. The number of aliphatic hydroxyl groups excluding tert-OH is 1. The molecule has 0 aromatic carbocycles. The predicted molar refractivity (Wildman–Crippen MR) is 65.6 cm³/mol. The summed E-state index contributed by atoms with van der Waals surface area (Å²) in [5, 5.41) is 9.23. The Morgan fingerprint density at radius 1 is 1.44 bits per heavy atom. The van der Waals surface area contributed by atoms with Gasteiger partial charge in [0.2, 0.25) is 0 Å². The first kappa shape index (κ1) is 12.9. The van der Waals surface area contributed by atoms with E-state index in [0.29, 0.717) is 0 Å². The molecular formula is C12H21N3O. The number of anilines is 1. The molecule has 1 aromatic heterocycles. The SMILES string of the molecule is CCCc1cc(N(C)CCC(C)O)ncn1. The fourth-order valence-corrected chi connectivity index (χ4v) is 1.48. The van der Waals surface area contributed by atoms with Crippen LogP contribution in [-0.2, 0) is 6.42 Å². The first-order valence-corrected chi connectivity index (χ1v) is 5.83. The van der Waals surface area contributed by atoms with Crippen LogP contribution in [0.5, 0.6) is 0 Å². The van der Waals surface area contributed by atoms with E-state index in [1.165, 1.54) is 0 Å². The van der Waals surface area contributed by atoms with E-state index in [9.17, 15) is 5.11 Å². The Kier molecular flexibility index (Phi) is 5.19. The molecule has 90 valence electrons. The van der Waals surface area contributed by atoms with Crippen molar-refractivity contribution in [2.24, 2.45) is 0 Å². The van der Waals surface area contributed by atoms with Gasteiger partial charge in [-0.25, -0.2) is 9.97 Å². The van der Waals surface area contributed by atoms with Gasteiger partial charge in [0.05, 0.1) is 6.10 Å². The standard InChI is InChI=1S/C12H21N3O/c1-4-5-11-8-12(14-9-13-11)15(3)7-6-10(2)16/h8-10,16H,4-7H2,1-3H3. The van der Waals surface area contributed by atoms with Crippen molar-refractivity contribution in [1.29, 1.82) is 0 Å². The average Bonchev–Trinajstić information content (AvgIpc) is 2.26.